The van der Waals surface area contributed by atoms with E-state index in [1.165, 1.54) is 64.2 Å². The van der Waals surface area contributed by atoms with Crippen molar-refractivity contribution in [2.45, 2.75) is 84.5 Å². The van der Waals surface area contributed by atoms with Gasteiger partial charge in [0.15, 0.2) is 0 Å². The Bertz CT molecular complexity index is 275. The third-order valence-corrected chi connectivity index (χ3v) is 5.61. The molecule has 0 radical (unpaired) electrons. The molecule has 0 spiro atoms. The molecule has 110 valence electrons. The molecule has 2 unspecified atom stereocenters. The van der Waals surface area contributed by atoms with Crippen molar-refractivity contribution < 1.29 is 4.79 Å². The Morgan fingerprint density at radius 1 is 1.00 bits per heavy atom. The van der Waals surface area contributed by atoms with E-state index in [4.69, 9.17) is 0 Å². The molecule has 0 aliphatic heterocycles. The van der Waals surface area contributed by atoms with Gasteiger partial charge in [-0.05, 0) is 43.4 Å². The molecule has 0 aromatic carbocycles. The van der Waals surface area contributed by atoms with Crippen LogP contribution in [0.25, 0.3) is 0 Å². The minimum Gasteiger partial charge on any atom is -0.299 e. The first-order chi connectivity index (χ1) is 9.20. The van der Waals surface area contributed by atoms with Crippen LogP contribution in [0.4, 0.5) is 0 Å². The van der Waals surface area contributed by atoms with Crippen molar-refractivity contribution in [2.75, 3.05) is 0 Å². The molecule has 2 saturated carbocycles. The lowest BCUT2D eigenvalue weighted by atomic mass is 9.68. The second-order valence-electron chi connectivity index (χ2n) is 7.24. The molecule has 0 aromatic rings. The molecule has 0 heterocycles. The molecular weight excluding hydrogens is 232 g/mol. The topological polar surface area (TPSA) is 17.1 Å². The Hall–Kier alpha value is -0.330. The summed E-state index contributed by atoms with van der Waals surface area (Å²) in [5.74, 6) is 3.39. The zero-order valence-corrected chi connectivity index (χ0v) is 13.0. The van der Waals surface area contributed by atoms with Gasteiger partial charge in [-0.2, -0.15) is 0 Å². The minimum absolute atomic E-state index is 0.438. The zero-order valence-electron chi connectivity index (χ0n) is 13.0. The number of hydrogen-bond acceptors (Lipinski definition) is 1. The third kappa shape index (κ3) is 4.33. The zero-order chi connectivity index (χ0) is 13.7. The second-order valence-corrected chi connectivity index (χ2v) is 7.24. The molecule has 0 bridgehead atoms. The highest BCUT2D eigenvalue weighted by Gasteiger charge is 2.34. The lowest BCUT2D eigenvalue weighted by molar-refractivity contribution is -0.128. The van der Waals surface area contributed by atoms with Crippen molar-refractivity contribution >= 4 is 5.78 Å². The third-order valence-electron chi connectivity index (χ3n) is 5.61. The normalized spacial score (nSPS) is 36.4. The van der Waals surface area contributed by atoms with E-state index in [0.29, 0.717) is 17.6 Å². The first-order valence-corrected chi connectivity index (χ1v) is 8.73. The largest absolute Gasteiger partial charge is 0.299 e. The number of hydrogen-bond donors (Lipinski definition) is 0. The van der Waals surface area contributed by atoms with Crippen LogP contribution in [0.2, 0.25) is 0 Å². The van der Waals surface area contributed by atoms with E-state index in [0.717, 1.165) is 18.3 Å². The molecule has 0 aromatic heterocycles. The van der Waals surface area contributed by atoms with Gasteiger partial charge in [0, 0.05) is 12.3 Å². The van der Waals surface area contributed by atoms with Crippen LogP contribution in [0, 0.1) is 23.7 Å². The van der Waals surface area contributed by atoms with Crippen molar-refractivity contribution in [3.8, 4) is 0 Å². The van der Waals surface area contributed by atoms with Gasteiger partial charge in [0.25, 0.3) is 0 Å². The maximum Gasteiger partial charge on any atom is 0.136 e. The highest BCUT2D eigenvalue weighted by Crippen LogP contribution is 2.40. The van der Waals surface area contributed by atoms with Gasteiger partial charge in [0.05, 0.1) is 0 Å². The smallest absolute Gasteiger partial charge is 0.136 e. The molecule has 2 aliphatic carbocycles. The summed E-state index contributed by atoms with van der Waals surface area (Å²) in [5, 5.41) is 0. The molecule has 1 heteroatoms. The van der Waals surface area contributed by atoms with Gasteiger partial charge >= 0.3 is 0 Å². The van der Waals surface area contributed by atoms with Crippen molar-refractivity contribution in [3.05, 3.63) is 0 Å². The highest BCUT2D eigenvalue weighted by molar-refractivity contribution is 5.82. The summed E-state index contributed by atoms with van der Waals surface area (Å²) >= 11 is 0. The minimum atomic E-state index is 0.438. The molecule has 0 saturated heterocycles. The Kier molecular flexibility index (Phi) is 5.91. The van der Waals surface area contributed by atoms with Gasteiger partial charge in [-0.3, -0.25) is 4.79 Å². The molecule has 2 aliphatic rings. The van der Waals surface area contributed by atoms with E-state index < -0.39 is 0 Å². The quantitative estimate of drug-likeness (QED) is 0.609. The van der Waals surface area contributed by atoms with Gasteiger partial charge in [-0.15, -0.1) is 0 Å². The number of carbonyl (C=O) groups is 1. The van der Waals surface area contributed by atoms with Gasteiger partial charge in [-0.1, -0.05) is 52.4 Å². The van der Waals surface area contributed by atoms with Gasteiger partial charge in [-0.25, -0.2) is 0 Å². The van der Waals surface area contributed by atoms with E-state index >= 15 is 0 Å². The van der Waals surface area contributed by atoms with E-state index in [1.54, 1.807) is 0 Å². The Morgan fingerprint density at radius 2 is 1.74 bits per heavy atom. The number of unbranched alkanes of at least 4 members (excludes halogenated alkanes) is 2. The van der Waals surface area contributed by atoms with Gasteiger partial charge in [0.1, 0.15) is 5.78 Å². The van der Waals surface area contributed by atoms with Crippen molar-refractivity contribution in [2.24, 2.45) is 23.7 Å². The Balaban J connectivity index is 1.72. The van der Waals surface area contributed by atoms with Gasteiger partial charge < -0.3 is 0 Å². The molecule has 2 atom stereocenters. The van der Waals surface area contributed by atoms with Crippen molar-refractivity contribution in [1.29, 1.82) is 0 Å². The predicted molar refractivity (Wildman–Crippen MR) is 81.1 cm³/mol. The Morgan fingerprint density at radius 3 is 2.37 bits per heavy atom. The summed E-state index contributed by atoms with van der Waals surface area (Å²) in [6, 6.07) is 0. The molecule has 0 N–H and O–H groups in total. The average Bonchev–Trinajstić information content (AvgIpc) is 2.40. The van der Waals surface area contributed by atoms with E-state index in [2.05, 4.69) is 13.8 Å². The molecule has 2 rings (SSSR count). The maximum absolute atomic E-state index is 12.2. The van der Waals surface area contributed by atoms with Crippen LogP contribution >= 0.6 is 0 Å². The van der Waals surface area contributed by atoms with Crippen molar-refractivity contribution in [1.82, 2.24) is 0 Å². The van der Waals surface area contributed by atoms with Crippen LogP contribution in [0.15, 0.2) is 0 Å². The first-order valence-electron chi connectivity index (χ1n) is 8.73. The van der Waals surface area contributed by atoms with Crippen LogP contribution in [0.1, 0.15) is 84.5 Å². The molecule has 2 fully saturated rings. The molecule has 19 heavy (non-hydrogen) atoms. The summed E-state index contributed by atoms with van der Waals surface area (Å²) in [6.07, 6.45) is 14.4. The average molecular weight is 264 g/mol. The number of Topliss-reactive ketones (excluding diaryl/α,β-unsaturated/α-hetero) is 1. The summed E-state index contributed by atoms with van der Waals surface area (Å²) in [5.41, 5.74) is 0. The number of rotatable bonds is 5. The standard InChI is InChI=1S/C18H32O/c1-3-4-5-6-15-8-10-16(11-9-15)17-12-7-14(2)13-18(17)19/h14-17H,3-13H2,1-2H3. The van der Waals surface area contributed by atoms with E-state index in [-0.39, 0.29) is 0 Å². The van der Waals surface area contributed by atoms with Crippen LogP contribution in [-0.2, 0) is 4.79 Å². The Labute approximate surface area is 119 Å². The summed E-state index contributed by atoms with van der Waals surface area (Å²) in [6.45, 7) is 4.52. The highest BCUT2D eigenvalue weighted by atomic mass is 16.1. The van der Waals surface area contributed by atoms with Crippen molar-refractivity contribution in [3.63, 3.8) is 0 Å². The van der Waals surface area contributed by atoms with Crippen LogP contribution < -0.4 is 0 Å². The van der Waals surface area contributed by atoms with Crippen LogP contribution in [0.5, 0.6) is 0 Å². The SMILES string of the molecule is CCCCCC1CCC(C2CCC(C)CC2=O)CC1. The second kappa shape index (κ2) is 7.45. The summed E-state index contributed by atoms with van der Waals surface area (Å²) in [4.78, 5) is 12.2. The number of ketones is 1. The van der Waals surface area contributed by atoms with Gasteiger partial charge in [0.2, 0.25) is 0 Å². The first kappa shape index (κ1) is 15.1. The van der Waals surface area contributed by atoms with Crippen LogP contribution in [0.3, 0.4) is 0 Å². The summed E-state index contributed by atoms with van der Waals surface area (Å²) < 4.78 is 0. The number of carbonyl (C=O) groups excluding carboxylic acids is 1. The predicted octanol–water partition coefficient (Wildman–Crippen LogP) is 5.38. The monoisotopic (exact) mass is 264 g/mol. The molecular formula is C18H32O. The molecule has 1 nitrogen and oxygen atoms in total. The lowest BCUT2D eigenvalue weighted by Gasteiger charge is -2.36. The fourth-order valence-corrected chi connectivity index (χ4v) is 4.28. The van der Waals surface area contributed by atoms with E-state index in [9.17, 15) is 4.79 Å². The lowest BCUT2D eigenvalue weighted by Crippen LogP contribution is -2.32. The van der Waals surface area contributed by atoms with E-state index in [1.807, 2.05) is 0 Å². The summed E-state index contributed by atoms with van der Waals surface area (Å²) in [7, 11) is 0. The fourth-order valence-electron chi connectivity index (χ4n) is 4.28. The van der Waals surface area contributed by atoms with Crippen LogP contribution in [-0.4, -0.2) is 5.78 Å². The maximum atomic E-state index is 12.2. The fraction of sp³-hybridized carbons (Fsp3) is 0.944. The molecule has 0 amide bonds.